The van der Waals surface area contributed by atoms with Crippen LogP contribution in [0.25, 0.3) is 0 Å². The van der Waals surface area contributed by atoms with E-state index >= 15 is 0 Å². The van der Waals surface area contributed by atoms with Crippen LogP contribution in [-0.2, 0) is 14.2 Å². The van der Waals surface area contributed by atoms with Crippen molar-refractivity contribution in [3.8, 4) is 0 Å². The van der Waals surface area contributed by atoms with E-state index in [1.165, 1.54) is 5.57 Å². The molecule has 0 amide bonds. The largest absolute Gasteiger partial charge is 0.392 e. The van der Waals surface area contributed by atoms with Crippen molar-refractivity contribution in [1.29, 1.82) is 0 Å². The molecule has 0 radical (unpaired) electrons. The summed E-state index contributed by atoms with van der Waals surface area (Å²) in [7, 11) is 3.48. The zero-order valence-electron chi connectivity index (χ0n) is 14.9. The molecule has 0 aromatic carbocycles. The standard InChI is InChI=1S/C18H32O4/c1-12(2)7-8-14(19)17(3,4)16-15(21-6)13(20-5)9-10-18(16)11-22-18/h7,13-16,19H,8-11H2,1-6H3/t13?,14-,15?,16?,18+/m1/s1. The molecule has 0 aromatic heterocycles. The molecular formula is C18H32O4. The normalized spacial score (nSPS) is 36.2. The second-order valence-electron chi connectivity index (χ2n) is 7.70. The lowest BCUT2D eigenvalue weighted by molar-refractivity contribution is -0.161. The van der Waals surface area contributed by atoms with E-state index in [-0.39, 0.29) is 29.1 Å². The van der Waals surface area contributed by atoms with Gasteiger partial charge in [-0.15, -0.1) is 0 Å². The average molecular weight is 312 g/mol. The van der Waals surface area contributed by atoms with Crippen molar-refractivity contribution >= 4 is 0 Å². The highest BCUT2D eigenvalue weighted by Gasteiger charge is 2.64. The number of aliphatic hydroxyl groups is 1. The van der Waals surface area contributed by atoms with Crippen molar-refractivity contribution < 1.29 is 19.3 Å². The number of hydrogen-bond donors (Lipinski definition) is 1. The van der Waals surface area contributed by atoms with Gasteiger partial charge in [0, 0.05) is 20.1 Å². The minimum absolute atomic E-state index is 0.0439. The summed E-state index contributed by atoms with van der Waals surface area (Å²) in [6.07, 6.45) is 4.29. The van der Waals surface area contributed by atoms with Gasteiger partial charge >= 0.3 is 0 Å². The molecule has 1 saturated heterocycles. The molecule has 1 spiro atoms. The molecule has 1 N–H and O–H groups in total. The maximum atomic E-state index is 10.8. The maximum Gasteiger partial charge on any atom is 0.0977 e. The van der Waals surface area contributed by atoms with Gasteiger partial charge in [0.15, 0.2) is 0 Å². The number of epoxide rings is 1. The minimum Gasteiger partial charge on any atom is -0.392 e. The van der Waals surface area contributed by atoms with Crippen LogP contribution in [0.1, 0.15) is 47.0 Å². The molecule has 3 unspecified atom stereocenters. The second kappa shape index (κ2) is 6.60. The van der Waals surface area contributed by atoms with Gasteiger partial charge in [0.25, 0.3) is 0 Å². The van der Waals surface area contributed by atoms with Gasteiger partial charge in [0.1, 0.15) is 0 Å². The molecule has 128 valence electrons. The van der Waals surface area contributed by atoms with Crippen LogP contribution < -0.4 is 0 Å². The van der Waals surface area contributed by atoms with E-state index in [1.807, 2.05) is 0 Å². The van der Waals surface area contributed by atoms with Gasteiger partial charge in [-0.1, -0.05) is 25.5 Å². The zero-order chi connectivity index (χ0) is 16.5. The topological polar surface area (TPSA) is 51.2 Å². The Balaban J connectivity index is 2.25. The molecule has 2 fully saturated rings. The number of methoxy groups -OCH3 is 2. The first-order chi connectivity index (χ1) is 10.3. The van der Waals surface area contributed by atoms with Crippen LogP contribution in [-0.4, -0.2) is 49.8 Å². The van der Waals surface area contributed by atoms with Crippen LogP contribution >= 0.6 is 0 Å². The quantitative estimate of drug-likeness (QED) is 0.605. The van der Waals surface area contributed by atoms with Crippen molar-refractivity contribution in [2.24, 2.45) is 11.3 Å². The van der Waals surface area contributed by atoms with Gasteiger partial charge in [0.2, 0.25) is 0 Å². The Morgan fingerprint density at radius 2 is 2.00 bits per heavy atom. The third kappa shape index (κ3) is 3.25. The fourth-order valence-corrected chi connectivity index (χ4v) is 4.14. The Morgan fingerprint density at radius 1 is 1.36 bits per heavy atom. The van der Waals surface area contributed by atoms with Gasteiger partial charge in [-0.3, -0.25) is 0 Å². The molecule has 1 aliphatic carbocycles. The Kier molecular flexibility index (Phi) is 5.38. The van der Waals surface area contributed by atoms with Crippen LogP contribution in [0.15, 0.2) is 11.6 Å². The summed E-state index contributed by atoms with van der Waals surface area (Å²) in [6.45, 7) is 9.16. The van der Waals surface area contributed by atoms with E-state index in [4.69, 9.17) is 14.2 Å². The summed E-state index contributed by atoms with van der Waals surface area (Å²) in [6, 6.07) is 0. The molecule has 1 aliphatic heterocycles. The van der Waals surface area contributed by atoms with E-state index in [2.05, 4.69) is 33.8 Å². The fourth-order valence-electron chi connectivity index (χ4n) is 4.14. The van der Waals surface area contributed by atoms with Gasteiger partial charge in [-0.05, 0) is 38.5 Å². The molecule has 2 rings (SSSR count). The van der Waals surface area contributed by atoms with E-state index in [9.17, 15) is 5.11 Å². The number of allylic oxidation sites excluding steroid dienone is 1. The van der Waals surface area contributed by atoms with Gasteiger partial charge in [-0.25, -0.2) is 0 Å². The first-order valence-electron chi connectivity index (χ1n) is 8.29. The average Bonchev–Trinajstić information content (AvgIpc) is 3.23. The second-order valence-corrected chi connectivity index (χ2v) is 7.70. The van der Waals surface area contributed by atoms with Crippen molar-refractivity contribution in [1.82, 2.24) is 0 Å². The minimum atomic E-state index is -0.429. The lowest BCUT2D eigenvalue weighted by atomic mass is 9.60. The first-order valence-corrected chi connectivity index (χ1v) is 8.29. The van der Waals surface area contributed by atoms with Gasteiger partial charge in [-0.2, -0.15) is 0 Å². The van der Waals surface area contributed by atoms with Gasteiger partial charge < -0.3 is 19.3 Å². The summed E-state index contributed by atoms with van der Waals surface area (Å²) in [5, 5.41) is 10.8. The Hall–Kier alpha value is -0.420. The molecule has 1 saturated carbocycles. The molecule has 0 aromatic rings. The van der Waals surface area contributed by atoms with Crippen LogP contribution in [0.5, 0.6) is 0 Å². The summed E-state index contributed by atoms with van der Waals surface area (Å²) < 4.78 is 17.3. The SMILES string of the molecule is COC1CC[C@]2(CO2)C(C(C)(C)[C@H](O)CC=C(C)C)C1OC. The van der Waals surface area contributed by atoms with E-state index in [0.717, 1.165) is 19.4 Å². The van der Waals surface area contributed by atoms with Crippen molar-refractivity contribution in [2.75, 3.05) is 20.8 Å². The lowest BCUT2D eigenvalue weighted by Gasteiger charge is -2.49. The van der Waals surface area contributed by atoms with Gasteiger partial charge in [0.05, 0.1) is 30.5 Å². The summed E-state index contributed by atoms with van der Waals surface area (Å²) in [4.78, 5) is 0. The molecule has 1 heterocycles. The smallest absolute Gasteiger partial charge is 0.0977 e. The van der Waals surface area contributed by atoms with Crippen LogP contribution in [0.3, 0.4) is 0 Å². The third-order valence-electron chi connectivity index (χ3n) is 5.61. The monoisotopic (exact) mass is 312 g/mol. The Morgan fingerprint density at radius 3 is 2.45 bits per heavy atom. The number of ether oxygens (including phenoxy) is 3. The molecule has 4 nitrogen and oxygen atoms in total. The Labute approximate surface area is 134 Å². The maximum absolute atomic E-state index is 10.8. The zero-order valence-corrected chi connectivity index (χ0v) is 14.9. The molecule has 4 heteroatoms. The molecule has 2 aliphatic rings. The predicted octanol–water partition coefficient (Wildman–Crippen LogP) is 2.94. The highest BCUT2D eigenvalue weighted by molar-refractivity contribution is 5.13. The fraction of sp³-hybridized carbons (Fsp3) is 0.889. The van der Waals surface area contributed by atoms with E-state index in [0.29, 0.717) is 6.42 Å². The highest BCUT2D eigenvalue weighted by atomic mass is 16.6. The van der Waals surface area contributed by atoms with Crippen molar-refractivity contribution in [3.63, 3.8) is 0 Å². The number of hydrogen-bond acceptors (Lipinski definition) is 4. The first kappa shape index (κ1) is 17.9. The van der Waals surface area contributed by atoms with E-state index in [1.54, 1.807) is 14.2 Å². The summed E-state index contributed by atoms with van der Waals surface area (Å²) in [5.41, 5.74) is 0.791. The number of rotatable bonds is 6. The van der Waals surface area contributed by atoms with Crippen molar-refractivity contribution in [2.45, 2.75) is 70.9 Å². The summed E-state index contributed by atoms with van der Waals surface area (Å²) >= 11 is 0. The molecular weight excluding hydrogens is 280 g/mol. The van der Waals surface area contributed by atoms with Crippen LogP contribution in [0, 0.1) is 11.3 Å². The van der Waals surface area contributed by atoms with E-state index < -0.39 is 6.10 Å². The number of aliphatic hydroxyl groups excluding tert-OH is 1. The van der Waals surface area contributed by atoms with Crippen LogP contribution in [0.2, 0.25) is 0 Å². The molecule has 0 bridgehead atoms. The van der Waals surface area contributed by atoms with Crippen LogP contribution in [0.4, 0.5) is 0 Å². The lowest BCUT2D eigenvalue weighted by Crippen LogP contribution is -2.57. The predicted molar refractivity (Wildman–Crippen MR) is 86.8 cm³/mol. The molecule has 5 atom stereocenters. The van der Waals surface area contributed by atoms with Crippen molar-refractivity contribution in [3.05, 3.63) is 11.6 Å². The summed E-state index contributed by atoms with van der Waals surface area (Å²) in [5.74, 6) is 0.129. The third-order valence-corrected chi connectivity index (χ3v) is 5.61. The highest BCUT2D eigenvalue weighted by Crippen LogP contribution is 2.55. The Bertz CT molecular complexity index is 407. The molecule has 22 heavy (non-hydrogen) atoms.